The lowest BCUT2D eigenvalue weighted by Crippen LogP contribution is -2.17. The Balaban J connectivity index is 1.94. The summed E-state index contributed by atoms with van der Waals surface area (Å²) in [5.74, 6) is 1.11. The molecule has 18 heavy (non-hydrogen) atoms. The van der Waals surface area contributed by atoms with Crippen LogP contribution in [0.25, 0.3) is 0 Å². The number of benzene rings is 1. The van der Waals surface area contributed by atoms with Crippen molar-refractivity contribution < 1.29 is 12.6 Å². The smallest absolute Gasteiger partial charge is 0.306 e. The van der Waals surface area contributed by atoms with E-state index in [-0.39, 0.29) is 5.41 Å². The zero-order chi connectivity index (χ0) is 12.8. The zero-order valence-electron chi connectivity index (χ0n) is 10.3. The fourth-order valence-corrected chi connectivity index (χ4v) is 3.59. The summed E-state index contributed by atoms with van der Waals surface area (Å²) in [4.78, 5) is 0. The van der Waals surface area contributed by atoms with Crippen molar-refractivity contribution in [1.82, 2.24) is 0 Å². The SMILES string of the molecule is CS(=O)(=O)Oc1cccc(C23C=CC(CC2)C3)c1. The normalized spacial score (nSPS) is 29.7. The Morgan fingerprint density at radius 2 is 2.22 bits per heavy atom. The molecule has 1 aromatic carbocycles. The second-order valence-corrected chi connectivity index (χ2v) is 6.91. The van der Waals surface area contributed by atoms with E-state index in [0.29, 0.717) is 11.7 Å². The predicted molar refractivity (Wildman–Crippen MR) is 70.1 cm³/mol. The van der Waals surface area contributed by atoms with Crippen molar-refractivity contribution in [2.45, 2.75) is 24.7 Å². The molecule has 0 heterocycles. The Bertz CT molecular complexity index is 603. The summed E-state index contributed by atoms with van der Waals surface area (Å²) in [7, 11) is -3.45. The molecule has 3 rings (SSSR count). The fraction of sp³-hybridized carbons (Fsp3) is 0.429. The third-order valence-corrected chi connectivity index (χ3v) is 4.43. The van der Waals surface area contributed by atoms with Crippen LogP contribution in [0.5, 0.6) is 5.75 Å². The first kappa shape index (κ1) is 11.8. The van der Waals surface area contributed by atoms with Crippen molar-refractivity contribution in [2.24, 2.45) is 5.92 Å². The molecular formula is C14H16O3S. The molecule has 0 aromatic heterocycles. The lowest BCUT2D eigenvalue weighted by Gasteiger charge is -2.24. The summed E-state index contributed by atoms with van der Waals surface area (Å²) in [6.45, 7) is 0. The van der Waals surface area contributed by atoms with Gasteiger partial charge in [0.05, 0.1) is 6.26 Å². The average molecular weight is 264 g/mol. The van der Waals surface area contributed by atoms with Gasteiger partial charge in [-0.15, -0.1) is 0 Å². The minimum atomic E-state index is -3.45. The first-order chi connectivity index (χ1) is 8.47. The molecule has 2 aliphatic rings. The molecule has 2 unspecified atom stereocenters. The third-order valence-electron chi connectivity index (χ3n) is 3.93. The molecule has 1 fully saturated rings. The Labute approximate surface area is 108 Å². The highest BCUT2D eigenvalue weighted by molar-refractivity contribution is 7.86. The van der Waals surface area contributed by atoms with E-state index in [0.717, 1.165) is 19.1 Å². The van der Waals surface area contributed by atoms with Crippen LogP contribution in [0.15, 0.2) is 36.4 Å². The van der Waals surface area contributed by atoms with E-state index in [4.69, 9.17) is 4.18 Å². The molecule has 0 radical (unpaired) electrons. The molecule has 2 bridgehead atoms. The molecule has 0 spiro atoms. The minimum Gasteiger partial charge on any atom is -0.383 e. The molecule has 0 aliphatic heterocycles. The van der Waals surface area contributed by atoms with E-state index in [2.05, 4.69) is 18.2 Å². The Morgan fingerprint density at radius 3 is 2.78 bits per heavy atom. The summed E-state index contributed by atoms with van der Waals surface area (Å²) in [6, 6.07) is 7.47. The maximum Gasteiger partial charge on any atom is 0.306 e. The van der Waals surface area contributed by atoms with Crippen LogP contribution in [-0.2, 0) is 15.5 Å². The largest absolute Gasteiger partial charge is 0.383 e. The molecule has 0 saturated heterocycles. The highest BCUT2D eigenvalue weighted by Gasteiger charge is 2.41. The Hall–Kier alpha value is -1.29. The minimum absolute atomic E-state index is 0.113. The molecule has 0 amide bonds. The number of fused-ring (bicyclic) bond motifs is 2. The van der Waals surface area contributed by atoms with Crippen LogP contribution in [0.4, 0.5) is 0 Å². The van der Waals surface area contributed by atoms with Crippen LogP contribution < -0.4 is 4.18 Å². The van der Waals surface area contributed by atoms with Gasteiger partial charge in [-0.25, -0.2) is 0 Å². The molecule has 2 aliphatic carbocycles. The van der Waals surface area contributed by atoms with E-state index in [1.165, 1.54) is 12.0 Å². The van der Waals surface area contributed by atoms with Crippen molar-refractivity contribution in [3.05, 3.63) is 42.0 Å². The van der Waals surface area contributed by atoms with Gasteiger partial charge in [0.25, 0.3) is 0 Å². The van der Waals surface area contributed by atoms with E-state index < -0.39 is 10.1 Å². The van der Waals surface area contributed by atoms with Gasteiger partial charge < -0.3 is 4.18 Å². The first-order valence-corrected chi connectivity index (χ1v) is 7.98. The predicted octanol–water partition coefficient (Wildman–Crippen LogP) is 2.63. The topological polar surface area (TPSA) is 43.4 Å². The number of hydrogen-bond donors (Lipinski definition) is 0. The molecule has 96 valence electrons. The number of allylic oxidation sites excluding steroid dienone is 2. The second kappa shape index (κ2) is 3.85. The van der Waals surface area contributed by atoms with Gasteiger partial charge in [0.15, 0.2) is 0 Å². The fourth-order valence-electron chi connectivity index (χ4n) is 3.14. The van der Waals surface area contributed by atoms with Crippen LogP contribution in [0, 0.1) is 5.92 Å². The molecule has 2 atom stereocenters. The standard InChI is InChI=1S/C14H16O3S/c1-18(15,16)17-13-4-2-3-12(9-13)14-7-5-11(10-14)6-8-14/h2-5,7,9,11H,6,8,10H2,1H3. The van der Waals surface area contributed by atoms with Crippen LogP contribution in [0.2, 0.25) is 0 Å². The van der Waals surface area contributed by atoms with Crippen molar-refractivity contribution in [1.29, 1.82) is 0 Å². The van der Waals surface area contributed by atoms with Gasteiger partial charge in [0.2, 0.25) is 0 Å². The first-order valence-electron chi connectivity index (χ1n) is 6.16. The van der Waals surface area contributed by atoms with Crippen LogP contribution in [-0.4, -0.2) is 14.7 Å². The molecule has 1 aromatic rings. The van der Waals surface area contributed by atoms with Gasteiger partial charge in [-0.2, -0.15) is 8.42 Å². The highest BCUT2D eigenvalue weighted by Crippen LogP contribution is 2.51. The summed E-state index contributed by atoms with van der Waals surface area (Å²) >= 11 is 0. The van der Waals surface area contributed by atoms with Crippen LogP contribution in [0.3, 0.4) is 0 Å². The average Bonchev–Trinajstić information content (AvgIpc) is 2.88. The number of hydrogen-bond acceptors (Lipinski definition) is 3. The monoisotopic (exact) mass is 264 g/mol. The summed E-state index contributed by atoms with van der Waals surface area (Å²) < 4.78 is 27.3. The molecular weight excluding hydrogens is 248 g/mol. The van der Waals surface area contributed by atoms with Crippen LogP contribution >= 0.6 is 0 Å². The van der Waals surface area contributed by atoms with Crippen molar-refractivity contribution >= 4 is 10.1 Å². The second-order valence-electron chi connectivity index (χ2n) is 5.33. The summed E-state index contributed by atoms with van der Waals surface area (Å²) in [5, 5.41) is 0. The lowest BCUT2D eigenvalue weighted by molar-refractivity contribution is 0.490. The quantitative estimate of drug-likeness (QED) is 0.622. The third kappa shape index (κ3) is 2.05. The van der Waals surface area contributed by atoms with Gasteiger partial charge in [0.1, 0.15) is 5.75 Å². The van der Waals surface area contributed by atoms with Crippen LogP contribution in [0.1, 0.15) is 24.8 Å². The van der Waals surface area contributed by atoms with Crippen molar-refractivity contribution in [2.75, 3.05) is 6.26 Å². The van der Waals surface area contributed by atoms with Gasteiger partial charge in [-0.05, 0) is 42.9 Å². The van der Waals surface area contributed by atoms with Gasteiger partial charge in [0, 0.05) is 5.41 Å². The van der Waals surface area contributed by atoms with E-state index in [9.17, 15) is 8.42 Å². The van der Waals surface area contributed by atoms with E-state index in [1.54, 1.807) is 6.07 Å². The summed E-state index contributed by atoms with van der Waals surface area (Å²) in [5.41, 5.74) is 1.28. The van der Waals surface area contributed by atoms with Crippen molar-refractivity contribution in [3.63, 3.8) is 0 Å². The molecule has 1 saturated carbocycles. The summed E-state index contributed by atoms with van der Waals surface area (Å²) in [6.07, 6.45) is 9.16. The van der Waals surface area contributed by atoms with Gasteiger partial charge >= 0.3 is 10.1 Å². The van der Waals surface area contributed by atoms with Gasteiger partial charge in [-0.3, -0.25) is 0 Å². The van der Waals surface area contributed by atoms with Gasteiger partial charge in [-0.1, -0.05) is 24.3 Å². The maximum absolute atomic E-state index is 11.2. The number of rotatable bonds is 3. The lowest BCUT2D eigenvalue weighted by atomic mass is 9.80. The molecule has 4 heteroatoms. The van der Waals surface area contributed by atoms with E-state index >= 15 is 0 Å². The Morgan fingerprint density at radius 1 is 1.39 bits per heavy atom. The highest BCUT2D eigenvalue weighted by atomic mass is 32.2. The Kier molecular flexibility index (Phi) is 2.52. The molecule has 0 N–H and O–H groups in total. The maximum atomic E-state index is 11.2. The van der Waals surface area contributed by atoms with E-state index in [1.807, 2.05) is 12.1 Å². The zero-order valence-corrected chi connectivity index (χ0v) is 11.1. The molecule has 3 nitrogen and oxygen atoms in total. The van der Waals surface area contributed by atoms with Crippen molar-refractivity contribution in [3.8, 4) is 5.75 Å².